The van der Waals surface area contributed by atoms with Crippen molar-refractivity contribution >= 4 is 29.3 Å². The van der Waals surface area contributed by atoms with Gasteiger partial charge in [0.2, 0.25) is 5.88 Å². The van der Waals surface area contributed by atoms with Gasteiger partial charge in [-0.15, -0.1) is 0 Å². The highest BCUT2D eigenvalue weighted by Gasteiger charge is 2.31. The number of aliphatic carboxylic acids is 1. The molecule has 3 aromatic rings. The van der Waals surface area contributed by atoms with Crippen molar-refractivity contribution < 1.29 is 33.7 Å². The Morgan fingerprint density at radius 3 is 2.14 bits per heavy atom. The first-order chi connectivity index (χ1) is 20.2. The number of methoxy groups -OCH3 is 2. The Hall–Kier alpha value is -4.48. The van der Waals surface area contributed by atoms with Gasteiger partial charge < -0.3 is 35.3 Å². The fourth-order valence-corrected chi connectivity index (χ4v) is 4.69. The van der Waals surface area contributed by atoms with Crippen LogP contribution in [0.5, 0.6) is 5.88 Å². The number of ether oxygens (including phenoxy) is 3. The fourth-order valence-electron chi connectivity index (χ4n) is 4.69. The van der Waals surface area contributed by atoms with E-state index in [1.807, 2.05) is 26.0 Å². The highest BCUT2D eigenvalue weighted by molar-refractivity contribution is 6.08. The number of pyridine rings is 1. The molecular formula is C32H40N4O7. The zero-order valence-electron chi connectivity index (χ0n) is 25.8. The van der Waals surface area contributed by atoms with Crippen LogP contribution in [0.3, 0.4) is 0 Å². The van der Waals surface area contributed by atoms with Gasteiger partial charge in [-0.1, -0.05) is 18.2 Å². The smallest absolute Gasteiger partial charge is 0.328 e. The molecule has 230 valence electrons. The Morgan fingerprint density at radius 2 is 1.60 bits per heavy atom. The third-order valence-corrected chi connectivity index (χ3v) is 6.49. The largest absolute Gasteiger partial charge is 0.481 e. The summed E-state index contributed by atoms with van der Waals surface area (Å²) in [4.78, 5) is 43.1. The van der Waals surface area contributed by atoms with E-state index >= 15 is 0 Å². The number of carbonyl (C=O) groups excluding carboxylic acids is 2. The Balaban J connectivity index is 1.96. The molecule has 2 aromatic carbocycles. The molecule has 0 spiro atoms. The van der Waals surface area contributed by atoms with Crippen LogP contribution in [0.25, 0.3) is 11.1 Å². The van der Waals surface area contributed by atoms with Crippen molar-refractivity contribution in [3.8, 4) is 17.0 Å². The second-order valence-corrected chi connectivity index (χ2v) is 11.2. The molecule has 43 heavy (non-hydrogen) atoms. The van der Waals surface area contributed by atoms with E-state index in [4.69, 9.17) is 14.2 Å². The molecular weight excluding hydrogens is 552 g/mol. The molecule has 0 aliphatic rings. The number of carboxylic acids is 1. The molecule has 4 N–H and O–H groups in total. The highest BCUT2D eigenvalue weighted by atomic mass is 16.5. The summed E-state index contributed by atoms with van der Waals surface area (Å²) < 4.78 is 16.2. The molecule has 11 heteroatoms. The minimum atomic E-state index is -1.34. The molecule has 11 nitrogen and oxygen atoms in total. The number of nitrogens with zero attached hydrogens (tertiary/aromatic N) is 1. The molecule has 0 bridgehead atoms. The van der Waals surface area contributed by atoms with E-state index < -0.39 is 35.7 Å². The Labute approximate surface area is 252 Å². The van der Waals surface area contributed by atoms with Crippen LogP contribution in [-0.4, -0.2) is 60.0 Å². The molecule has 0 aliphatic heterocycles. The number of aromatic nitrogens is 1. The summed E-state index contributed by atoms with van der Waals surface area (Å²) in [7, 11) is 3.13. The minimum Gasteiger partial charge on any atom is -0.481 e. The van der Waals surface area contributed by atoms with E-state index in [0.29, 0.717) is 29.3 Å². The number of carbonyl (C=O) groups is 3. The predicted octanol–water partition coefficient (Wildman–Crippen LogP) is 5.55. The van der Waals surface area contributed by atoms with E-state index in [1.54, 1.807) is 65.3 Å². The van der Waals surface area contributed by atoms with Crippen LogP contribution in [0.15, 0.2) is 48.7 Å². The Kier molecular flexibility index (Phi) is 10.8. The maximum absolute atomic E-state index is 13.5. The normalized spacial score (nSPS) is 12.7. The zero-order valence-corrected chi connectivity index (χ0v) is 25.8. The number of hydrogen-bond donors (Lipinski definition) is 4. The summed E-state index contributed by atoms with van der Waals surface area (Å²) in [6.45, 7) is 11.2. The maximum Gasteiger partial charge on any atom is 0.328 e. The van der Waals surface area contributed by atoms with Gasteiger partial charge in [0, 0.05) is 30.6 Å². The third kappa shape index (κ3) is 9.00. The topological polar surface area (TPSA) is 148 Å². The van der Waals surface area contributed by atoms with Gasteiger partial charge in [-0.3, -0.25) is 4.79 Å². The quantitative estimate of drug-likeness (QED) is 0.227. The molecule has 1 heterocycles. The molecule has 3 rings (SSSR count). The van der Waals surface area contributed by atoms with Crippen LogP contribution in [0.1, 0.15) is 54.7 Å². The van der Waals surface area contributed by atoms with Gasteiger partial charge in [-0.2, -0.15) is 0 Å². The van der Waals surface area contributed by atoms with Crippen molar-refractivity contribution in [2.24, 2.45) is 0 Å². The van der Waals surface area contributed by atoms with Gasteiger partial charge in [0.05, 0.1) is 36.7 Å². The average molecular weight is 593 g/mol. The monoisotopic (exact) mass is 592 g/mol. The number of rotatable bonds is 11. The Bertz CT molecular complexity index is 1440. The zero-order chi connectivity index (χ0) is 31.9. The molecule has 0 saturated carbocycles. The number of hydrogen-bond acceptors (Lipinski definition) is 7. The molecule has 0 aliphatic carbocycles. The van der Waals surface area contributed by atoms with Gasteiger partial charge >= 0.3 is 12.0 Å². The van der Waals surface area contributed by atoms with Gasteiger partial charge in [-0.05, 0) is 82.0 Å². The van der Waals surface area contributed by atoms with E-state index in [9.17, 15) is 19.5 Å². The van der Waals surface area contributed by atoms with E-state index in [0.717, 1.165) is 16.7 Å². The first-order valence-electron chi connectivity index (χ1n) is 13.8. The summed E-state index contributed by atoms with van der Waals surface area (Å²) >= 11 is 0. The second-order valence-electron chi connectivity index (χ2n) is 11.2. The maximum atomic E-state index is 13.5. The molecule has 2 atom stereocenters. The number of amides is 3. The molecule has 3 amide bonds. The standard InChI is InChI=1S/C32H40N4O7/c1-18-13-21(17-41-7)14-19(2)27(18)36-31(40)34-25-15-22(23-10-12-26(42-8)33-16-23)9-11-24(25)29(37)35-28(30(38)39)20(3)43-32(4,5)6/h9-16,20,28H,17H2,1-8H3,(H,35,37)(H,38,39)(H2,34,36,40)/t20-,28+/m1/s1. The van der Waals surface area contributed by atoms with Crippen molar-refractivity contribution in [1.82, 2.24) is 10.3 Å². The predicted molar refractivity (Wildman–Crippen MR) is 165 cm³/mol. The minimum absolute atomic E-state index is 0.0680. The molecule has 0 radical (unpaired) electrons. The van der Waals surface area contributed by atoms with Crippen LogP contribution >= 0.6 is 0 Å². The summed E-state index contributed by atoms with van der Waals surface area (Å²) in [6.07, 6.45) is 0.774. The SMILES string of the molecule is COCc1cc(C)c(NC(=O)Nc2cc(-c3ccc(OC)nc3)ccc2C(=O)N[C@H](C(=O)O)[C@@H](C)OC(C)(C)C)c(C)c1. The summed E-state index contributed by atoms with van der Waals surface area (Å²) in [5, 5.41) is 18.1. The lowest BCUT2D eigenvalue weighted by Crippen LogP contribution is -2.50. The summed E-state index contributed by atoms with van der Waals surface area (Å²) in [6, 6.07) is 10.3. The van der Waals surface area contributed by atoms with E-state index in [1.165, 1.54) is 13.2 Å². The molecule has 0 fully saturated rings. The van der Waals surface area contributed by atoms with Gasteiger partial charge in [0.25, 0.3) is 5.91 Å². The van der Waals surface area contributed by atoms with Crippen LogP contribution in [0, 0.1) is 13.8 Å². The first kappa shape index (κ1) is 33.0. The van der Waals surface area contributed by atoms with Crippen molar-refractivity contribution in [3.05, 3.63) is 70.9 Å². The summed E-state index contributed by atoms with van der Waals surface area (Å²) in [5.41, 5.74) is 4.27. The van der Waals surface area contributed by atoms with Crippen molar-refractivity contribution in [2.75, 3.05) is 24.9 Å². The van der Waals surface area contributed by atoms with Crippen LogP contribution in [0.4, 0.5) is 16.2 Å². The lowest BCUT2D eigenvalue weighted by Gasteiger charge is -2.29. The second kappa shape index (κ2) is 14.1. The lowest BCUT2D eigenvalue weighted by molar-refractivity contribution is -0.146. The van der Waals surface area contributed by atoms with E-state index in [-0.39, 0.29) is 11.3 Å². The number of nitrogens with one attached hydrogen (secondary N) is 3. The summed E-state index contributed by atoms with van der Waals surface area (Å²) in [5.74, 6) is -1.50. The number of anilines is 2. The third-order valence-electron chi connectivity index (χ3n) is 6.49. The van der Waals surface area contributed by atoms with Crippen LogP contribution in [-0.2, 0) is 20.9 Å². The van der Waals surface area contributed by atoms with E-state index in [2.05, 4.69) is 20.9 Å². The lowest BCUT2D eigenvalue weighted by atomic mass is 10.0. The van der Waals surface area contributed by atoms with Crippen LogP contribution in [0.2, 0.25) is 0 Å². The van der Waals surface area contributed by atoms with Gasteiger partial charge in [0.1, 0.15) is 0 Å². The highest BCUT2D eigenvalue weighted by Crippen LogP contribution is 2.28. The number of carboxylic acid groups (broad SMARTS) is 1. The van der Waals surface area contributed by atoms with Crippen molar-refractivity contribution in [2.45, 2.75) is 65.9 Å². The Morgan fingerprint density at radius 1 is 0.953 bits per heavy atom. The molecule has 0 saturated heterocycles. The molecule has 1 aromatic heterocycles. The van der Waals surface area contributed by atoms with Crippen LogP contribution < -0.4 is 20.7 Å². The van der Waals surface area contributed by atoms with Gasteiger partial charge in [-0.25, -0.2) is 14.6 Å². The number of benzene rings is 2. The number of aryl methyl sites for hydroxylation is 2. The van der Waals surface area contributed by atoms with Gasteiger partial charge in [0.15, 0.2) is 6.04 Å². The average Bonchev–Trinajstić information content (AvgIpc) is 2.92. The van der Waals surface area contributed by atoms with Crippen molar-refractivity contribution in [3.63, 3.8) is 0 Å². The fraction of sp³-hybridized carbons (Fsp3) is 0.375. The van der Waals surface area contributed by atoms with Crippen molar-refractivity contribution in [1.29, 1.82) is 0 Å². The number of urea groups is 1. The first-order valence-corrected chi connectivity index (χ1v) is 13.8. The molecule has 0 unspecified atom stereocenters.